The van der Waals surface area contributed by atoms with Crippen LogP contribution in [0.25, 0.3) is 0 Å². The molecule has 2 N–H and O–H groups in total. The van der Waals surface area contributed by atoms with E-state index in [1.165, 1.54) is 24.6 Å². The van der Waals surface area contributed by atoms with Crippen LogP contribution in [0.15, 0.2) is 18.2 Å². The van der Waals surface area contributed by atoms with E-state index in [0.717, 1.165) is 25.7 Å². The molecule has 0 radical (unpaired) electrons. The number of aliphatic hydroxyl groups excluding tert-OH is 2. The summed E-state index contributed by atoms with van der Waals surface area (Å²) in [6.07, 6.45) is 3.87. The molecule has 0 bridgehead atoms. The summed E-state index contributed by atoms with van der Waals surface area (Å²) in [5, 5.41) is 20.7. The molecule has 1 aromatic carbocycles. The zero-order valence-electron chi connectivity index (χ0n) is 10.9. The maximum Gasteiger partial charge on any atom is 0.123 e. The zero-order valence-corrected chi connectivity index (χ0v) is 11.6. The van der Waals surface area contributed by atoms with Gasteiger partial charge in [-0.1, -0.05) is 30.9 Å². The lowest BCUT2D eigenvalue weighted by atomic mass is 9.82. The molecule has 106 valence electrons. The average Bonchev–Trinajstić information content (AvgIpc) is 2.43. The second-order valence-corrected chi connectivity index (χ2v) is 5.80. The average molecular weight is 287 g/mol. The first-order valence-corrected chi connectivity index (χ1v) is 7.26. The Morgan fingerprint density at radius 3 is 2.58 bits per heavy atom. The summed E-state index contributed by atoms with van der Waals surface area (Å²) in [7, 11) is 0. The maximum absolute atomic E-state index is 13.2. The smallest absolute Gasteiger partial charge is 0.123 e. The van der Waals surface area contributed by atoms with Gasteiger partial charge >= 0.3 is 0 Å². The van der Waals surface area contributed by atoms with Crippen molar-refractivity contribution in [3.63, 3.8) is 0 Å². The summed E-state index contributed by atoms with van der Waals surface area (Å²) in [6, 6.07) is 4.08. The van der Waals surface area contributed by atoms with Gasteiger partial charge in [-0.05, 0) is 42.5 Å². The van der Waals surface area contributed by atoms with Crippen molar-refractivity contribution in [2.24, 2.45) is 5.92 Å². The highest BCUT2D eigenvalue weighted by molar-refractivity contribution is 6.31. The van der Waals surface area contributed by atoms with Crippen LogP contribution in [0.4, 0.5) is 4.39 Å². The van der Waals surface area contributed by atoms with Gasteiger partial charge in [-0.2, -0.15) is 0 Å². The first-order chi connectivity index (χ1) is 9.08. The van der Waals surface area contributed by atoms with Gasteiger partial charge in [0, 0.05) is 11.4 Å². The predicted octanol–water partition coefficient (Wildman–Crippen LogP) is 3.32. The topological polar surface area (TPSA) is 40.5 Å². The van der Waals surface area contributed by atoms with Gasteiger partial charge in [0.1, 0.15) is 5.82 Å². The van der Waals surface area contributed by atoms with Crippen LogP contribution in [0.3, 0.4) is 0 Å². The quantitative estimate of drug-likeness (QED) is 0.891. The highest BCUT2D eigenvalue weighted by Crippen LogP contribution is 2.29. The molecule has 2 unspecified atom stereocenters. The van der Waals surface area contributed by atoms with Crippen LogP contribution in [-0.4, -0.2) is 22.4 Å². The van der Waals surface area contributed by atoms with Crippen molar-refractivity contribution >= 4 is 11.6 Å². The van der Waals surface area contributed by atoms with E-state index in [0.29, 0.717) is 10.6 Å². The van der Waals surface area contributed by atoms with E-state index in [1.54, 1.807) is 0 Å². The van der Waals surface area contributed by atoms with Gasteiger partial charge in [-0.3, -0.25) is 0 Å². The van der Waals surface area contributed by atoms with Gasteiger partial charge in [-0.15, -0.1) is 0 Å². The van der Waals surface area contributed by atoms with Crippen LogP contribution in [0.2, 0.25) is 5.02 Å². The van der Waals surface area contributed by atoms with Crippen LogP contribution < -0.4 is 0 Å². The molecule has 0 saturated heterocycles. The number of halogens is 2. The molecule has 1 fully saturated rings. The number of benzene rings is 1. The van der Waals surface area contributed by atoms with E-state index in [4.69, 9.17) is 11.6 Å². The molecule has 0 aromatic heterocycles. The largest absolute Gasteiger partial charge is 0.390 e. The number of aliphatic hydroxyl groups is 2. The Morgan fingerprint density at radius 2 is 1.89 bits per heavy atom. The van der Waals surface area contributed by atoms with Crippen molar-refractivity contribution < 1.29 is 14.6 Å². The highest BCUT2D eigenvalue weighted by Gasteiger charge is 2.28. The van der Waals surface area contributed by atoms with Gasteiger partial charge in [0.25, 0.3) is 0 Å². The van der Waals surface area contributed by atoms with Gasteiger partial charge in [0.15, 0.2) is 0 Å². The van der Waals surface area contributed by atoms with E-state index in [-0.39, 0.29) is 18.2 Å². The Kier molecular flexibility index (Phi) is 5.20. The molecule has 2 atom stereocenters. The second-order valence-electron chi connectivity index (χ2n) is 5.40. The summed E-state index contributed by atoms with van der Waals surface area (Å²) in [6.45, 7) is 0. The Hall–Kier alpha value is -0.640. The Balaban J connectivity index is 1.99. The van der Waals surface area contributed by atoms with Gasteiger partial charge in [0.05, 0.1) is 12.2 Å². The fourth-order valence-electron chi connectivity index (χ4n) is 2.84. The SMILES string of the molecule is OC(Cc1cc(F)ccc1Cl)C(O)C1CCCCC1. The van der Waals surface area contributed by atoms with Gasteiger partial charge in [-0.25, -0.2) is 4.39 Å². The third-order valence-corrected chi connectivity index (χ3v) is 4.33. The van der Waals surface area contributed by atoms with Crippen LogP contribution in [0, 0.1) is 11.7 Å². The normalized spacial score (nSPS) is 20.2. The lowest BCUT2D eigenvalue weighted by molar-refractivity contribution is -0.0263. The Morgan fingerprint density at radius 1 is 1.21 bits per heavy atom. The molecule has 0 spiro atoms. The van der Waals surface area contributed by atoms with Crippen molar-refractivity contribution in [3.05, 3.63) is 34.6 Å². The molecule has 2 rings (SSSR count). The molecular weight excluding hydrogens is 267 g/mol. The fourth-order valence-corrected chi connectivity index (χ4v) is 3.03. The first kappa shape index (κ1) is 14.8. The summed E-state index contributed by atoms with van der Waals surface area (Å²) < 4.78 is 13.2. The lowest BCUT2D eigenvalue weighted by Gasteiger charge is -2.29. The van der Waals surface area contributed by atoms with Crippen molar-refractivity contribution in [3.8, 4) is 0 Å². The molecule has 1 aliphatic carbocycles. The van der Waals surface area contributed by atoms with Crippen molar-refractivity contribution in [1.82, 2.24) is 0 Å². The lowest BCUT2D eigenvalue weighted by Crippen LogP contribution is -2.36. The van der Waals surface area contributed by atoms with E-state index < -0.39 is 12.2 Å². The third kappa shape index (κ3) is 3.91. The number of hydrogen-bond acceptors (Lipinski definition) is 2. The Bertz CT molecular complexity index is 419. The summed E-state index contributed by atoms with van der Waals surface area (Å²) >= 11 is 5.97. The molecule has 0 heterocycles. The van der Waals surface area contributed by atoms with Crippen LogP contribution in [0.1, 0.15) is 37.7 Å². The van der Waals surface area contributed by atoms with E-state index in [1.807, 2.05) is 0 Å². The van der Waals surface area contributed by atoms with E-state index >= 15 is 0 Å². The van der Waals surface area contributed by atoms with Crippen molar-refractivity contribution in [2.45, 2.75) is 50.7 Å². The molecular formula is C15H20ClFO2. The molecule has 19 heavy (non-hydrogen) atoms. The predicted molar refractivity (Wildman–Crippen MR) is 73.7 cm³/mol. The maximum atomic E-state index is 13.2. The first-order valence-electron chi connectivity index (χ1n) is 6.88. The second kappa shape index (κ2) is 6.69. The van der Waals surface area contributed by atoms with E-state index in [9.17, 15) is 14.6 Å². The van der Waals surface area contributed by atoms with Crippen molar-refractivity contribution in [2.75, 3.05) is 0 Å². The summed E-state index contributed by atoms with van der Waals surface area (Å²) in [5.41, 5.74) is 0.545. The number of hydrogen-bond donors (Lipinski definition) is 2. The van der Waals surface area contributed by atoms with Gasteiger partial charge in [0.2, 0.25) is 0 Å². The molecule has 1 aromatic rings. The van der Waals surface area contributed by atoms with Gasteiger partial charge < -0.3 is 10.2 Å². The zero-order chi connectivity index (χ0) is 13.8. The highest BCUT2D eigenvalue weighted by atomic mass is 35.5. The third-order valence-electron chi connectivity index (χ3n) is 3.96. The molecule has 1 saturated carbocycles. The number of rotatable bonds is 4. The Labute approximate surface area is 118 Å². The summed E-state index contributed by atoms with van der Waals surface area (Å²) in [4.78, 5) is 0. The molecule has 1 aliphatic rings. The minimum atomic E-state index is -0.887. The fraction of sp³-hybridized carbons (Fsp3) is 0.600. The standard InChI is InChI=1S/C15H20ClFO2/c16-13-7-6-12(17)8-11(13)9-14(18)15(19)10-4-2-1-3-5-10/h6-8,10,14-15,18-19H,1-5,9H2. The minimum Gasteiger partial charge on any atom is -0.390 e. The van der Waals surface area contributed by atoms with Crippen molar-refractivity contribution in [1.29, 1.82) is 0 Å². The van der Waals surface area contributed by atoms with Crippen LogP contribution in [-0.2, 0) is 6.42 Å². The monoisotopic (exact) mass is 286 g/mol. The minimum absolute atomic E-state index is 0.149. The molecule has 0 amide bonds. The van der Waals surface area contributed by atoms with E-state index in [2.05, 4.69) is 0 Å². The van der Waals surface area contributed by atoms with Crippen LogP contribution in [0.5, 0.6) is 0 Å². The summed E-state index contributed by atoms with van der Waals surface area (Å²) in [5.74, 6) is -0.227. The molecule has 2 nitrogen and oxygen atoms in total. The van der Waals surface area contributed by atoms with Crippen LogP contribution >= 0.6 is 11.6 Å². The molecule has 4 heteroatoms. The molecule has 0 aliphatic heterocycles.